The van der Waals surface area contributed by atoms with Crippen molar-refractivity contribution < 1.29 is 19.1 Å². The second-order valence-corrected chi connectivity index (χ2v) is 6.52. The molecule has 0 fully saturated rings. The highest BCUT2D eigenvalue weighted by Gasteiger charge is 2.13. The molecule has 0 aliphatic heterocycles. The zero-order chi connectivity index (χ0) is 18.2. The summed E-state index contributed by atoms with van der Waals surface area (Å²) in [4.78, 5) is 36.2. The molecule has 2 aromatic rings. The average molecular weight is 359 g/mol. The molecule has 1 heterocycles. The van der Waals surface area contributed by atoms with Crippen LogP contribution in [0.15, 0.2) is 35.7 Å². The summed E-state index contributed by atoms with van der Waals surface area (Å²) in [6.45, 7) is 3.57. The molecule has 1 aromatic carbocycles. The number of carbonyl (C=O) groups is 3. The molecule has 1 amide bonds. The lowest BCUT2D eigenvalue weighted by Gasteiger charge is -2.13. The summed E-state index contributed by atoms with van der Waals surface area (Å²) >= 11 is 1.34. The number of rotatable bonds is 8. The van der Waals surface area contributed by atoms with Gasteiger partial charge in [-0.15, -0.1) is 11.3 Å². The Morgan fingerprint density at radius 3 is 2.60 bits per heavy atom. The van der Waals surface area contributed by atoms with Crippen LogP contribution in [0.2, 0.25) is 0 Å². The molecule has 2 rings (SSSR count). The number of nitrogens with one attached hydrogen (secondary N) is 1. The first-order valence-electron chi connectivity index (χ1n) is 8.12. The Labute approximate surface area is 151 Å². The van der Waals surface area contributed by atoms with Crippen LogP contribution in [0.4, 0.5) is 5.69 Å². The van der Waals surface area contributed by atoms with Gasteiger partial charge in [0, 0.05) is 12.1 Å². The highest BCUT2D eigenvalue weighted by molar-refractivity contribution is 7.12. The number of carbonyl (C=O) groups excluding carboxylic acids is 3. The van der Waals surface area contributed by atoms with Gasteiger partial charge in [-0.1, -0.05) is 31.2 Å². The van der Waals surface area contributed by atoms with E-state index >= 15 is 0 Å². The smallest absolute Gasteiger partial charge is 0.306 e. The lowest BCUT2D eigenvalue weighted by Crippen LogP contribution is -2.22. The second-order valence-electron chi connectivity index (χ2n) is 5.57. The van der Waals surface area contributed by atoms with E-state index in [1.165, 1.54) is 11.3 Å². The van der Waals surface area contributed by atoms with E-state index in [0.29, 0.717) is 4.88 Å². The molecule has 0 saturated heterocycles. The van der Waals surface area contributed by atoms with Crippen molar-refractivity contribution in [3.8, 4) is 0 Å². The summed E-state index contributed by atoms with van der Waals surface area (Å²) in [5, 5.41) is 4.60. The molecule has 0 spiro atoms. The number of para-hydroxylation sites is 1. The van der Waals surface area contributed by atoms with Crippen LogP contribution >= 0.6 is 11.3 Å². The molecule has 0 bridgehead atoms. The van der Waals surface area contributed by atoms with Crippen LogP contribution in [0.1, 0.15) is 40.6 Å². The number of hydrogen-bond donors (Lipinski definition) is 1. The Balaban J connectivity index is 1.78. The normalized spacial score (nSPS) is 10.3. The first-order valence-corrected chi connectivity index (χ1v) is 9.00. The molecular formula is C19H21NO4S. The van der Waals surface area contributed by atoms with Gasteiger partial charge in [0.2, 0.25) is 0 Å². The third-order valence-electron chi connectivity index (χ3n) is 3.72. The van der Waals surface area contributed by atoms with Crippen molar-refractivity contribution in [3.63, 3.8) is 0 Å². The van der Waals surface area contributed by atoms with E-state index in [2.05, 4.69) is 5.32 Å². The Hall–Kier alpha value is -2.47. The lowest BCUT2D eigenvalue weighted by atomic mass is 10.1. The van der Waals surface area contributed by atoms with Gasteiger partial charge in [-0.05, 0) is 35.9 Å². The molecule has 5 nitrogen and oxygen atoms in total. The van der Waals surface area contributed by atoms with Gasteiger partial charge in [-0.25, -0.2) is 0 Å². The monoisotopic (exact) mass is 359 g/mol. The molecule has 0 atom stereocenters. The number of benzene rings is 1. The minimum absolute atomic E-state index is 0.0331. The summed E-state index contributed by atoms with van der Waals surface area (Å²) in [5.74, 6) is -1.04. The van der Waals surface area contributed by atoms with Crippen LogP contribution in [-0.4, -0.2) is 24.3 Å². The minimum Gasteiger partial charge on any atom is -0.456 e. The number of aryl methyl sites for hydroxylation is 2. The zero-order valence-electron chi connectivity index (χ0n) is 14.3. The van der Waals surface area contributed by atoms with Crippen molar-refractivity contribution in [3.05, 3.63) is 51.7 Å². The molecule has 0 radical (unpaired) electrons. The van der Waals surface area contributed by atoms with Gasteiger partial charge in [-0.3, -0.25) is 14.4 Å². The van der Waals surface area contributed by atoms with Crippen LogP contribution in [0, 0.1) is 6.92 Å². The SMILES string of the molecule is CCc1cccc(C)c1NC(=O)COC(=O)CCC(=O)c1cccs1. The Bertz CT molecular complexity index is 753. The topological polar surface area (TPSA) is 72.5 Å². The van der Waals surface area contributed by atoms with Gasteiger partial charge >= 0.3 is 5.97 Å². The predicted molar refractivity (Wildman–Crippen MR) is 98.0 cm³/mol. The first-order chi connectivity index (χ1) is 12.0. The molecular weight excluding hydrogens is 338 g/mol. The molecule has 0 unspecified atom stereocenters. The number of amides is 1. The fraction of sp³-hybridized carbons (Fsp3) is 0.316. The Morgan fingerprint density at radius 1 is 1.12 bits per heavy atom. The molecule has 0 aliphatic rings. The Morgan fingerprint density at radius 2 is 1.92 bits per heavy atom. The third-order valence-corrected chi connectivity index (χ3v) is 4.63. The van der Waals surface area contributed by atoms with E-state index in [1.54, 1.807) is 12.1 Å². The number of anilines is 1. The van der Waals surface area contributed by atoms with Gasteiger partial charge in [0.05, 0.1) is 11.3 Å². The number of ether oxygens (including phenoxy) is 1. The summed E-state index contributed by atoms with van der Waals surface area (Å²) < 4.78 is 4.96. The maximum atomic E-state index is 12.0. The fourth-order valence-electron chi connectivity index (χ4n) is 2.37. The standard InChI is InChI=1S/C19H21NO4S/c1-3-14-7-4-6-13(2)19(14)20-17(22)12-24-18(23)10-9-15(21)16-8-5-11-25-16/h4-8,11H,3,9-10,12H2,1-2H3,(H,20,22). The summed E-state index contributed by atoms with van der Waals surface area (Å²) in [7, 11) is 0. The molecule has 25 heavy (non-hydrogen) atoms. The molecule has 6 heteroatoms. The fourth-order valence-corrected chi connectivity index (χ4v) is 3.07. The zero-order valence-corrected chi connectivity index (χ0v) is 15.2. The largest absolute Gasteiger partial charge is 0.456 e. The maximum Gasteiger partial charge on any atom is 0.306 e. The van der Waals surface area contributed by atoms with Crippen LogP contribution in [0.3, 0.4) is 0 Å². The number of Topliss-reactive ketones (excluding diaryl/α,β-unsaturated/α-hetero) is 1. The molecule has 0 aliphatic carbocycles. The lowest BCUT2D eigenvalue weighted by molar-refractivity contribution is -0.147. The quantitative estimate of drug-likeness (QED) is 0.575. The van der Waals surface area contributed by atoms with Crippen LogP contribution in [0.25, 0.3) is 0 Å². The van der Waals surface area contributed by atoms with Gasteiger partial charge in [0.25, 0.3) is 5.91 Å². The van der Waals surface area contributed by atoms with Crippen LogP contribution in [-0.2, 0) is 20.7 Å². The van der Waals surface area contributed by atoms with Crippen molar-refractivity contribution in [1.82, 2.24) is 0 Å². The van der Waals surface area contributed by atoms with Crippen LogP contribution in [0.5, 0.6) is 0 Å². The van der Waals surface area contributed by atoms with Crippen molar-refractivity contribution in [2.75, 3.05) is 11.9 Å². The van der Waals surface area contributed by atoms with E-state index in [4.69, 9.17) is 4.74 Å². The van der Waals surface area contributed by atoms with Crippen molar-refractivity contribution in [1.29, 1.82) is 0 Å². The highest BCUT2D eigenvalue weighted by Crippen LogP contribution is 2.21. The van der Waals surface area contributed by atoms with E-state index < -0.39 is 5.97 Å². The van der Waals surface area contributed by atoms with Gasteiger partial charge < -0.3 is 10.1 Å². The molecule has 1 N–H and O–H groups in total. The van der Waals surface area contributed by atoms with Gasteiger partial charge in [-0.2, -0.15) is 0 Å². The summed E-state index contributed by atoms with van der Waals surface area (Å²) in [6.07, 6.45) is 0.843. The number of esters is 1. The average Bonchev–Trinajstić information content (AvgIpc) is 3.14. The summed E-state index contributed by atoms with van der Waals surface area (Å²) in [5.41, 5.74) is 2.75. The van der Waals surface area contributed by atoms with Gasteiger partial charge in [0.15, 0.2) is 12.4 Å². The predicted octanol–water partition coefficient (Wildman–Crippen LogP) is 3.76. The maximum absolute atomic E-state index is 12.0. The second kappa shape index (κ2) is 9.13. The van der Waals surface area contributed by atoms with Gasteiger partial charge in [0.1, 0.15) is 0 Å². The molecule has 0 saturated carbocycles. The van der Waals surface area contributed by atoms with E-state index in [9.17, 15) is 14.4 Å². The minimum atomic E-state index is -0.555. The van der Waals surface area contributed by atoms with Crippen molar-refractivity contribution in [2.24, 2.45) is 0 Å². The van der Waals surface area contributed by atoms with Crippen molar-refractivity contribution >= 4 is 34.7 Å². The first kappa shape index (κ1) is 18.9. The third kappa shape index (κ3) is 5.53. The highest BCUT2D eigenvalue weighted by atomic mass is 32.1. The van der Waals surface area contributed by atoms with E-state index in [1.807, 2.05) is 37.4 Å². The number of hydrogen-bond acceptors (Lipinski definition) is 5. The summed E-state index contributed by atoms with van der Waals surface area (Å²) in [6, 6.07) is 9.31. The molecule has 1 aromatic heterocycles. The van der Waals surface area contributed by atoms with E-state index in [0.717, 1.165) is 23.2 Å². The number of ketones is 1. The van der Waals surface area contributed by atoms with Crippen LogP contribution < -0.4 is 5.32 Å². The molecule has 132 valence electrons. The Kier molecular flexibility index (Phi) is 6.89. The van der Waals surface area contributed by atoms with Crippen molar-refractivity contribution in [2.45, 2.75) is 33.1 Å². The number of thiophene rings is 1. The van der Waals surface area contributed by atoms with E-state index in [-0.39, 0.29) is 31.1 Å².